The Kier molecular flexibility index (Phi) is 19.3. The molecule has 0 saturated carbocycles. The number of ketones is 1. The molecule has 8 aromatic rings. The molecular formula is C54H59Cl2N9O3. The van der Waals surface area contributed by atoms with Crippen molar-refractivity contribution in [2.45, 2.75) is 84.6 Å². The summed E-state index contributed by atoms with van der Waals surface area (Å²) in [5, 5.41) is 10.8. The van der Waals surface area contributed by atoms with Gasteiger partial charge in [0.25, 0.3) is 0 Å². The molecule has 0 atom stereocenters. The number of ether oxygens (including phenoxy) is 1. The Labute approximate surface area is 409 Å². The lowest BCUT2D eigenvalue weighted by Gasteiger charge is -2.14. The van der Waals surface area contributed by atoms with Crippen LogP contribution in [0.25, 0.3) is 11.4 Å². The van der Waals surface area contributed by atoms with Gasteiger partial charge in [-0.1, -0.05) is 113 Å². The molecule has 14 heteroatoms. The molecule has 0 fully saturated rings. The van der Waals surface area contributed by atoms with Gasteiger partial charge in [-0.3, -0.25) is 19.6 Å². The maximum Gasteiger partial charge on any atom is 0.317 e. The maximum absolute atomic E-state index is 12.4. The van der Waals surface area contributed by atoms with Crippen molar-refractivity contribution in [1.82, 2.24) is 34.5 Å². The number of aryl methyl sites for hydroxylation is 1. The van der Waals surface area contributed by atoms with Crippen LogP contribution in [0.2, 0.25) is 10.0 Å². The average Bonchev–Trinajstić information content (AvgIpc) is 3.97. The lowest BCUT2D eigenvalue weighted by atomic mass is 9.92. The number of halogens is 2. The number of carbonyl (C=O) groups is 2. The molecular weight excluding hydrogens is 894 g/mol. The molecule has 4 N–H and O–H groups in total. The predicted molar refractivity (Wildman–Crippen MR) is 272 cm³/mol. The molecule has 0 bridgehead atoms. The van der Waals surface area contributed by atoms with Crippen molar-refractivity contribution in [2.24, 2.45) is 5.73 Å². The summed E-state index contributed by atoms with van der Waals surface area (Å²) in [5.74, 6) is 1.00. The normalized spacial score (nSPS) is 10.9. The van der Waals surface area contributed by atoms with E-state index in [0.717, 1.165) is 39.8 Å². The molecule has 0 unspecified atom stereocenters. The van der Waals surface area contributed by atoms with Crippen molar-refractivity contribution in [1.29, 1.82) is 0 Å². The molecule has 68 heavy (non-hydrogen) atoms. The highest BCUT2D eigenvalue weighted by molar-refractivity contribution is 6.31. The molecule has 0 amide bonds. The zero-order valence-electron chi connectivity index (χ0n) is 39.4. The Morgan fingerprint density at radius 3 is 1.50 bits per heavy atom. The van der Waals surface area contributed by atoms with Gasteiger partial charge in [-0.2, -0.15) is 10.2 Å². The van der Waals surface area contributed by atoms with E-state index < -0.39 is 0 Å². The van der Waals surface area contributed by atoms with Gasteiger partial charge in [-0.15, -0.1) is 0 Å². The second kappa shape index (κ2) is 25.2. The molecule has 0 aliphatic heterocycles. The quantitative estimate of drug-likeness (QED) is 0.0940. The number of anilines is 1. The summed E-state index contributed by atoms with van der Waals surface area (Å²) in [6.45, 7) is 13.3. The van der Waals surface area contributed by atoms with Crippen molar-refractivity contribution >= 4 is 40.8 Å². The standard InChI is InChI=1S/C22H24ClN3O.C14H18ClN3.C13H11NO2.C5H6N2/c1-22(2,3)21-15-19(26(25-21)18-9-6-7-16(23)13-18)10-11-20(27)14-17-8-4-5-12-24-17;1-14(2,3)13-8-12(9-16)18(17-13)11-6-4-5-10(15)7-11;15-13(10-11-6-4-5-9-14-11)16-12-7-2-1-3-8-12;6-5-3-1-2-4-7-5/h4-9,12-13,15H,10-11,14H2,1-3H3;4-8H,9,16H2,1-3H3;1-9H,10H2;1-4H,(H2,6,7). The number of hydrogen-bond donors (Lipinski definition) is 2. The summed E-state index contributed by atoms with van der Waals surface area (Å²) in [7, 11) is 0. The average molecular weight is 953 g/mol. The number of hydrogen-bond acceptors (Lipinski definition) is 10. The Balaban J connectivity index is 0.000000183. The van der Waals surface area contributed by atoms with Gasteiger partial charge in [0.2, 0.25) is 0 Å². The van der Waals surface area contributed by atoms with Crippen LogP contribution in [0.4, 0.5) is 5.82 Å². The van der Waals surface area contributed by atoms with Crippen LogP contribution in [0.5, 0.6) is 5.75 Å². The first-order chi connectivity index (χ1) is 32.5. The van der Waals surface area contributed by atoms with Gasteiger partial charge in [0, 0.05) is 70.2 Å². The monoisotopic (exact) mass is 951 g/mol. The molecule has 12 nitrogen and oxygen atoms in total. The second-order valence-electron chi connectivity index (χ2n) is 17.6. The lowest BCUT2D eigenvalue weighted by Crippen LogP contribution is -2.12. The first kappa shape index (κ1) is 52.0. The van der Waals surface area contributed by atoms with E-state index in [4.69, 9.17) is 44.5 Å². The topological polar surface area (TPSA) is 170 Å². The first-order valence-corrected chi connectivity index (χ1v) is 22.9. The van der Waals surface area contributed by atoms with Crippen LogP contribution < -0.4 is 16.2 Å². The molecule has 0 aliphatic rings. The van der Waals surface area contributed by atoms with Gasteiger partial charge in [-0.25, -0.2) is 14.3 Å². The van der Waals surface area contributed by atoms with Gasteiger partial charge >= 0.3 is 5.97 Å². The summed E-state index contributed by atoms with van der Waals surface area (Å²) in [6.07, 6.45) is 6.66. The van der Waals surface area contributed by atoms with Gasteiger partial charge in [0.1, 0.15) is 17.4 Å². The Morgan fingerprint density at radius 1 is 0.574 bits per heavy atom. The first-order valence-electron chi connectivity index (χ1n) is 22.1. The molecule has 5 aromatic heterocycles. The summed E-state index contributed by atoms with van der Waals surface area (Å²) in [4.78, 5) is 36.0. The number of esters is 1. The number of pyridine rings is 3. The molecule has 352 valence electrons. The Morgan fingerprint density at radius 2 is 1.06 bits per heavy atom. The molecule has 0 spiro atoms. The van der Waals surface area contributed by atoms with Crippen LogP contribution >= 0.6 is 23.2 Å². The van der Waals surface area contributed by atoms with Gasteiger partial charge in [0.05, 0.1) is 40.6 Å². The van der Waals surface area contributed by atoms with Crippen LogP contribution in [0.15, 0.2) is 164 Å². The smallest absolute Gasteiger partial charge is 0.317 e. The molecule has 8 rings (SSSR count). The van der Waals surface area contributed by atoms with Crippen LogP contribution in [0.1, 0.15) is 82.1 Å². The highest BCUT2D eigenvalue weighted by Crippen LogP contribution is 2.27. The predicted octanol–water partition coefficient (Wildman–Crippen LogP) is 11.1. The zero-order valence-corrected chi connectivity index (χ0v) is 40.9. The minimum atomic E-state index is -0.301. The summed E-state index contributed by atoms with van der Waals surface area (Å²) < 4.78 is 8.91. The Hall–Kier alpha value is -6.99. The third-order valence-electron chi connectivity index (χ3n) is 9.90. The minimum Gasteiger partial charge on any atom is -0.426 e. The number of nitrogen functional groups attached to an aromatic ring is 1. The van der Waals surface area contributed by atoms with E-state index in [1.165, 1.54) is 0 Å². The molecule has 0 saturated heterocycles. The van der Waals surface area contributed by atoms with Crippen molar-refractivity contribution in [2.75, 3.05) is 5.73 Å². The molecule has 5 heterocycles. The number of rotatable bonds is 11. The van der Waals surface area contributed by atoms with E-state index in [9.17, 15) is 9.59 Å². The van der Waals surface area contributed by atoms with Crippen LogP contribution in [0.3, 0.4) is 0 Å². The number of nitrogens with zero attached hydrogens (tertiary/aromatic N) is 7. The van der Waals surface area contributed by atoms with E-state index in [1.54, 1.807) is 42.9 Å². The summed E-state index contributed by atoms with van der Waals surface area (Å²) >= 11 is 12.2. The van der Waals surface area contributed by atoms with E-state index >= 15 is 0 Å². The van der Waals surface area contributed by atoms with Crippen molar-refractivity contribution in [3.63, 3.8) is 0 Å². The highest BCUT2D eigenvalue weighted by Gasteiger charge is 2.22. The van der Waals surface area contributed by atoms with E-state index in [2.05, 4.69) is 73.7 Å². The van der Waals surface area contributed by atoms with Gasteiger partial charge in [-0.05, 0) is 103 Å². The van der Waals surface area contributed by atoms with Gasteiger partial charge in [0.15, 0.2) is 0 Å². The second-order valence-corrected chi connectivity index (χ2v) is 18.5. The summed E-state index contributed by atoms with van der Waals surface area (Å²) in [5.41, 5.74) is 18.4. The van der Waals surface area contributed by atoms with E-state index in [1.807, 2.05) is 119 Å². The molecule has 3 aromatic carbocycles. The molecule has 0 radical (unpaired) electrons. The van der Waals surface area contributed by atoms with Crippen molar-refractivity contribution in [3.8, 4) is 17.1 Å². The third kappa shape index (κ3) is 17.0. The maximum atomic E-state index is 12.4. The number of para-hydroxylation sites is 1. The van der Waals surface area contributed by atoms with Crippen LogP contribution in [-0.4, -0.2) is 46.3 Å². The molecule has 0 aliphatic carbocycles. The third-order valence-corrected chi connectivity index (χ3v) is 10.4. The largest absolute Gasteiger partial charge is 0.426 e. The SMILES string of the molecule is CC(C)(C)c1cc(CCC(=O)Cc2ccccn2)n(-c2cccc(Cl)c2)n1.CC(C)(C)c1cc(CN)n(-c2cccc(Cl)c2)n1.Nc1ccccn1.O=C(Cc1ccccn1)Oc1ccccc1. The van der Waals surface area contributed by atoms with Crippen molar-refractivity contribution in [3.05, 3.63) is 208 Å². The fraction of sp³-hybridized carbons (Fsp3) is 0.241. The van der Waals surface area contributed by atoms with Gasteiger partial charge < -0.3 is 16.2 Å². The number of carbonyl (C=O) groups excluding carboxylic acids is 2. The number of Topliss-reactive ketones (excluding diaryl/α,β-unsaturated/α-hetero) is 1. The summed E-state index contributed by atoms with van der Waals surface area (Å²) in [6, 6.07) is 44.9. The minimum absolute atomic E-state index is 0.00768. The number of aromatic nitrogens is 7. The van der Waals surface area contributed by atoms with Crippen molar-refractivity contribution < 1.29 is 14.3 Å². The fourth-order valence-corrected chi connectivity index (χ4v) is 6.67. The number of benzene rings is 3. The lowest BCUT2D eigenvalue weighted by molar-refractivity contribution is -0.133. The van der Waals surface area contributed by atoms with E-state index in [-0.39, 0.29) is 29.0 Å². The fourth-order valence-electron chi connectivity index (χ4n) is 6.30. The number of nitrogens with two attached hydrogens (primary N) is 2. The highest BCUT2D eigenvalue weighted by atomic mass is 35.5. The van der Waals surface area contributed by atoms with E-state index in [0.29, 0.717) is 53.1 Å². The Bertz CT molecular complexity index is 2750. The van der Waals surface area contributed by atoms with Crippen LogP contribution in [0, 0.1) is 0 Å². The van der Waals surface area contributed by atoms with Crippen LogP contribution in [-0.2, 0) is 46.2 Å². The zero-order chi connectivity index (χ0) is 49.1.